The second kappa shape index (κ2) is 14.1. The summed E-state index contributed by atoms with van der Waals surface area (Å²) in [5.74, 6) is -0.196. The summed E-state index contributed by atoms with van der Waals surface area (Å²) in [6.07, 6.45) is 0.00978. The summed E-state index contributed by atoms with van der Waals surface area (Å²) in [5.41, 5.74) is 1.59. The Hall–Kier alpha value is -4.18. The van der Waals surface area contributed by atoms with Crippen molar-refractivity contribution in [3.05, 3.63) is 54.1 Å². The van der Waals surface area contributed by atoms with Gasteiger partial charge in [0.2, 0.25) is 11.8 Å². The van der Waals surface area contributed by atoms with Crippen LogP contribution in [0.3, 0.4) is 0 Å². The van der Waals surface area contributed by atoms with Crippen molar-refractivity contribution in [2.24, 2.45) is 0 Å². The first kappa shape index (κ1) is 32.4. The molecule has 0 bridgehead atoms. The Kier molecular flexibility index (Phi) is 9.52. The van der Waals surface area contributed by atoms with E-state index in [2.05, 4.69) is 36.1 Å². The number of carbonyl (C=O) groups is 2. The monoisotopic (exact) mass is 719 g/mol. The normalized spacial score (nSPS) is 23.6. The third-order valence-corrected chi connectivity index (χ3v) is 11.4. The van der Waals surface area contributed by atoms with E-state index < -0.39 is 34.1 Å². The Morgan fingerprint density at radius 1 is 1.08 bits per heavy atom. The van der Waals surface area contributed by atoms with Crippen molar-refractivity contribution in [1.29, 1.82) is 5.26 Å². The maximum atomic E-state index is 15.3. The van der Waals surface area contributed by atoms with Gasteiger partial charge in [-0.1, -0.05) is 0 Å². The third-order valence-electron chi connectivity index (χ3n) is 9.25. The topological polar surface area (TPSA) is 137 Å². The molecule has 2 aromatic carbocycles. The number of anilines is 1. The standard InChI is InChI=1S/C33H34AsF2N8O4/c35-25-14-22(42-9-11-43(12-10-42)23-17-47-18-23)2-3-24(25)34-33-39-19-38-31(41-33)20-1-5-28(21(13-20)15-37)48-29-7-8-44(16-26(29)36)32(46)27-4-6-30(45)40-27/h1-3,5,13-14,19,23,26-27,29H,4,6-12,16-18H2,(H,40,45)/t26-,27+,29+/m1/s1. The molecule has 48 heavy (non-hydrogen) atoms. The van der Waals surface area contributed by atoms with Crippen molar-refractivity contribution < 1.29 is 27.8 Å². The first-order valence-electron chi connectivity index (χ1n) is 16.0. The van der Waals surface area contributed by atoms with Crippen LogP contribution in [0.15, 0.2) is 42.7 Å². The van der Waals surface area contributed by atoms with Gasteiger partial charge in [0.05, 0.1) is 0 Å². The molecule has 1 N–H and O–H groups in total. The third kappa shape index (κ3) is 6.99. The molecule has 0 spiro atoms. The van der Waals surface area contributed by atoms with Crippen molar-refractivity contribution >= 4 is 42.2 Å². The van der Waals surface area contributed by atoms with Gasteiger partial charge in [-0.05, 0) is 6.42 Å². The number of rotatable bonds is 8. The SMILES string of the molecule is N#Cc1cc(-c2ncnc([As]c3ccc(N4CCN(C5COC5)CC4)cc3F)n2)ccc1O[C@H]1CCN(C(=O)[C@@H]2CCC(=O)N2)C[C@H]1F. The van der Waals surface area contributed by atoms with Crippen molar-refractivity contribution in [2.75, 3.05) is 57.4 Å². The van der Waals surface area contributed by atoms with Gasteiger partial charge >= 0.3 is 238 Å². The summed E-state index contributed by atoms with van der Waals surface area (Å²) < 4.78 is 42.7. The van der Waals surface area contributed by atoms with Gasteiger partial charge in [-0.15, -0.1) is 0 Å². The van der Waals surface area contributed by atoms with E-state index in [4.69, 9.17) is 9.47 Å². The van der Waals surface area contributed by atoms with Crippen molar-refractivity contribution in [3.63, 3.8) is 0 Å². The van der Waals surface area contributed by atoms with E-state index in [0.29, 0.717) is 32.8 Å². The number of amides is 2. The molecule has 3 atom stereocenters. The molecule has 4 aliphatic heterocycles. The Morgan fingerprint density at radius 3 is 2.60 bits per heavy atom. The van der Waals surface area contributed by atoms with Crippen LogP contribution in [0.1, 0.15) is 24.8 Å². The zero-order valence-electron chi connectivity index (χ0n) is 26.1. The van der Waals surface area contributed by atoms with Gasteiger partial charge in [0, 0.05) is 6.42 Å². The quantitative estimate of drug-likeness (QED) is 0.325. The number of hydrogen-bond donors (Lipinski definition) is 1. The minimum absolute atomic E-state index is 0.150. The zero-order valence-corrected chi connectivity index (χ0v) is 28.0. The number of halogens is 2. The molecule has 1 aromatic heterocycles. The molecular weight excluding hydrogens is 685 g/mol. The molecule has 4 saturated heterocycles. The Morgan fingerprint density at radius 2 is 1.92 bits per heavy atom. The summed E-state index contributed by atoms with van der Waals surface area (Å²) >= 11 is -0.873. The van der Waals surface area contributed by atoms with Crippen LogP contribution in [0.5, 0.6) is 5.75 Å². The fourth-order valence-corrected chi connectivity index (χ4v) is 8.07. The van der Waals surface area contributed by atoms with Crippen LogP contribution in [0, 0.1) is 17.1 Å². The molecule has 2 amide bonds. The van der Waals surface area contributed by atoms with Crippen molar-refractivity contribution in [3.8, 4) is 23.2 Å². The molecule has 1 radical (unpaired) electrons. The predicted octanol–water partition coefficient (Wildman–Crippen LogP) is 0.322. The second-order valence-electron chi connectivity index (χ2n) is 12.3. The molecule has 0 saturated carbocycles. The van der Waals surface area contributed by atoms with Gasteiger partial charge in [-0.3, -0.25) is 9.59 Å². The number of carbonyl (C=O) groups excluding carboxylic acids is 2. The van der Waals surface area contributed by atoms with Crippen LogP contribution in [-0.4, -0.2) is 129 Å². The molecule has 3 aromatic rings. The molecule has 15 heteroatoms. The molecule has 7 rings (SSSR count). The fraction of sp³-hybridized carbons (Fsp3) is 0.455. The van der Waals surface area contributed by atoms with E-state index in [0.717, 1.165) is 45.1 Å². The number of nitrogens with one attached hydrogen (secondary N) is 1. The Bertz CT molecular complexity index is 1730. The maximum absolute atomic E-state index is 15.3. The van der Waals surface area contributed by atoms with Gasteiger partial charge < -0.3 is 5.32 Å². The molecule has 5 heterocycles. The number of hydrogen-bond acceptors (Lipinski definition) is 10. The number of aromatic nitrogens is 3. The van der Waals surface area contributed by atoms with Gasteiger partial charge in [0.15, 0.2) is 0 Å². The van der Waals surface area contributed by atoms with Crippen molar-refractivity contribution in [1.82, 2.24) is 30.1 Å². The van der Waals surface area contributed by atoms with Crippen molar-refractivity contribution in [2.45, 2.75) is 43.6 Å². The summed E-state index contributed by atoms with van der Waals surface area (Å²) in [7, 11) is 0. The minimum atomic E-state index is -1.47. The number of likely N-dealkylation sites (tertiary alicyclic amines) is 1. The molecule has 4 fully saturated rings. The number of benzene rings is 2. The molecule has 4 aliphatic rings. The summed E-state index contributed by atoms with van der Waals surface area (Å²) in [5, 5.41) is 12.5. The average Bonchev–Trinajstić information content (AvgIpc) is 3.52. The first-order chi connectivity index (χ1) is 23.3. The summed E-state index contributed by atoms with van der Waals surface area (Å²) in [6, 6.07) is 12.2. The second-order valence-corrected chi connectivity index (χ2v) is 14.6. The van der Waals surface area contributed by atoms with Crippen LogP contribution in [0.2, 0.25) is 0 Å². The first-order valence-corrected chi connectivity index (χ1v) is 17.9. The number of piperidine rings is 1. The molecule has 249 valence electrons. The van der Waals surface area contributed by atoms with E-state index in [-0.39, 0.29) is 54.9 Å². The average molecular weight is 720 g/mol. The van der Waals surface area contributed by atoms with Gasteiger partial charge in [-0.25, -0.2) is 0 Å². The van der Waals surface area contributed by atoms with Crippen LogP contribution >= 0.6 is 0 Å². The van der Waals surface area contributed by atoms with E-state index in [1.807, 2.05) is 12.1 Å². The number of piperazine rings is 1. The summed E-state index contributed by atoms with van der Waals surface area (Å²) in [4.78, 5) is 43.4. The van der Waals surface area contributed by atoms with Gasteiger partial charge in [0.1, 0.15) is 6.04 Å². The van der Waals surface area contributed by atoms with Crippen LogP contribution < -0.4 is 23.9 Å². The van der Waals surface area contributed by atoms with E-state index >= 15 is 8.78 Å². The van der Waals surface area contributed by atoms with Crippen LogP contribution in [0.4, 0.5) is 14.5 Å². The van der Waals surface area contributed by atoms with Gasteiger partial charge in [0.25, 0.3) is 0 Å². The van der Waals surface area contributed by atoms with Crippen LogP contribution in [-0.2, 0) is 14.3 Å². The van der Waals surface area contributed by atoms with Crippen LogP contribution in [0.25, 0.3) is 11.4 Å². The Labute approximate surface area is 283 Å². The number of alkyl halides is 1. The van der Waals surface area contributed by atoms with E-state index in [1.165, 1.54) is 11.2 Å². The van der Waals surface area contributed by atoms with E-state index in [1.54, 1.807) is 24.3 Å². The zero-order chi connectivity index (χ0) is 33.2. The fourth-order valence-electron chi connectivity index (χ4n) is 6.41. The van der Waals surface area contributed by atoms with E-state index in [9.17, 15) is 14.9 Å². The molecule has 0 aliphatic carbocycles. The molecule has 12 nitrogen and oxygen atoms in total. The molecule has 0 unspecified atom stereocenters. The number of nitrogens with zero attached hydrogens (tertiary/aromatic N) is 7. The number of ether oxygens (including phenoxy) is 2. The molecular formula is C33H34AsF2N8O4. The number of nitriles is 1. The predicted molar refractivity (Wildman–Crippen MR) is 171 cm³/mol. The van der Waals surface area contributed by atoms with Gasteiger partial charge in [-0.2, -0.15) is 0 Å². The Balaban J connectivity index is 0.974. The summed E-state index contributed by atoms with van der Waals surface area (Å²) in [6.45, 7) is 5.25.